The smallest absolute Gasteiger partial charge is 0.323 e. The Hall–Kier alpha value is -1.82. The van der Waals surface area contributed by atoms with E-state index < -0.39 is 0 Å². The van der Waals surface area contributed by atoms with Crippen LogP contribution in [0, 0.1) is 0 Å². The van der Waals surface area contributed by atoms with Crippen LogP contribution in [0.1, 0.15) is 0 Å². The van der Waals surface area contributed by atoms with E-state index in [1.54, 1.807) is 20.2 Å². The first-order valence-corrected chi connectivity index (χ1v) is 5.52. The zero-order valence-electron chi connectivity index (χ0n) is 9.02. The van der Waals surface area contributed by atoms with Gasteiger partial charge in [0.2, 0.25) is 0 Å². The summed E-state index contributed by atoms with van der Waals surface area (Å²) >= 11 is 1.41. The number of carbonyl (C=O) groups excluding carboxylic acids is 1. The Bertz CT molecular complexity index is 535. The van der Waals surface area contributed by atoms with E-state index in [2.05, 4.69) is 10.3 Å². The highest BCUT2D eigenvalue weighted by Crippen LogP contribution is 2.27. The number of fused-ring (bicyclic) bond motifs is 1. The van der Waals surface area contributed by atoms with E-state index >= 15 is 0 Å². The largest absolute Gasteiger partial charge is 0.399 e. The van der Waals surface area contributed by atoms with Crippen molar-refractivity contribution in [2.75, 3.05) is 25.1 Å². The molecule has 0 spiro atoms. The standard InChI is InChI=1S/C10H12N4OS/c1-14(2)10(15)13-9-12-7-4-3-6(11)5-8(7)16-9/h3-5H,11H2,1-2H3,(H,12,13,15). The van der Waals surface area contributed by atoms with Crippen LogP contribution >= 0.6 is 11.3 Å². The molecule has 0 aliphatic heterocycles. The number of nitrogens with two attached hydrogens (primary N) is 1. The molecule has 16 heavy (non-hydrogen) atoms. The number of hydrogen-bond donors (Lipinski definition) is 2. The van der Waals surface area contributed by atoms with E-state index in [9.17, 15) is 4.79 Å². The van der Waals surface area contributed by atoms with Gasteiger partial charge in [-0.1, -0.05) is 11.3 Å². The number of benzene rings is 1. The highest BCUT2D eigenvalue weighted by Gasteiger charge is 2.08. The summed E-state index contributed by atoms with van der Waals surface area (Å²) in [5.74, 6) is 0. The lowest BCUT2D eigenvalue weighted by Gasteiger charge is -2.08. The summed E-state index contributed by atoms with van der Waals surface area (Å²) in [5.41, 5.74) is 7.20. The van der Waals surface area contributed by atoms with Gasteiger partial charge in [0.1, 0.15) is 0 Å². The third-order valence-corrected chi connectivity index (χ3v) is 2.97. The Morgan fingerprint density at radius 3 is 2.94 bits per heavy atom. The maximum absolute atomic E-state index is 11.4. The molecule has 2 aromatic rings. The molecule has 2 amide bonds. The summed E-state index contributed by atoms with van der Waals surface area (Å²) in [6.45, 7) is 0. The number of aromatic nitrogens is 1. The fraction of sp³-hybridized carbons (Fsp3) is 0.200. The number of anilines is 2. The number of thiazole rings is 1. The first-order chi connectivity index (χ1) is 7.56. The second kappa shape index (κ2) is 3.97. The summed E-state index contributed by atoms with van der Waals surface area (Å²) in [4.78, 5) is 17.2. The number of nitrogen functional groups attached to an aromatic ring is 1. The molecule has 0 saturated carbocycles. The van der Waals surface area contributed by atoms with Crippen LogP contribution in [-0.4, -0.2) is 30.0 Å². The monoisotopic (exact) mass is 236 g/mol. The Balaban J connectivity index is 2.29. The Kier molecular flexibility index (Phi) is 2.66. The average molecular weight is 236 g/mol. The van der Waals surface area contributed by atoms with Gasteiger partial charge < -0.3 is 10.6 Å². The number of hydrogen-bond acceptors (Lipinski definition) is 4. The molecule has 0 saturated heterocycles. The number of nitrogens with one attached hydrogen (secondary N) is 1. The van der Waals surface area contributed by atoms with Crippen LogP contribution in [-0.2, 0) is 0 Å². The average Bonchev–Trinajstić information content (AvgIpc) is 2.58. The van der Waals surface area contributed by atoms with Gasteiger partial charge in [-0.3, -0.25) is 5.32 Å². The summed E-state index contributed by atoms with van der Waals surface area (Å²) in [5, 5.41) is 3.29. The van der Waals surface area contributed by atoms with Crippen molar-refractivity contribution < 1.29 is 4.79 Å². The molecule has 5 nitrogen and oxygen atoms in total. The minimum Gasteiger partial charge on any atom is -0.399 e. The van der Waals surface area contributed by atoms with E-state index in [4.69, 9.17) is 5.73 Å². The lowest BCUT2D eigenvalue weighted by molar-refractivity contribution is 0.230. The summed E-state index contributed by atoms with van der Waals surface area (Å²) in [7, 11) is 3.36. The zero-order valence-corrected chi connectivity index (χ0v) is 9.84. The van der Waals surface area contributed by atoms with E-state index in [1.807, 2.05) is 12.1 Å². The van der Waals surface area contributed by atoms with Gasteiger partial charge in [-0.2, -0.15) is 0 Å². The van der Waals surface area contributed by atoms with Gasteiger partial charge in [0.05, 0.1) is 10.2 Å². The van der Waals surface area contributed by atoms with Crippen LogP contribution in [0.3, 0.4) is 0 Å². The molecule has 1 aromatic carbocycles. The summed E-state index contributed by atoms with van der Waals surface area (Å²) < 4.78 is 0.967. The molecule has 0 fully saturated rings. The van der Waals surface area contributed by atoms with Gasteiger partial charge in [-0.15, -0.1) is 0 Å². The predicted molar refractivity (Wildman–Crippen MR) is 66.7 cm³/mol. The summed E-state index contributed by atoms with van der Waals surface area (Å²) in [6, 6.07) is 5.29. The maximum atomic E-state index is 11.4. The molecule has 6 heteroatoms. The van der Waals surface area contributed by atoms with E-state index in [0.29, 0.717) is 10.8 Å². The van der Waals surface area contributed by atoms with Crippen LogP contribution < -0.4 is 11.1 Å². The first kappa shape index (κ1) is 10.7. The fourth-order valence-electron chi connectivity index (χ4n) is 1.20. The minimum absolute atomic E-state index is 0.188. The molecule has 0 aliphatic rings. The Morgan fingerprint density at radius 2 is 2.25 bits per heavy atom. The predicted octanol–water partition coefficient (Wildman–Crippen LogP) is 1.97. The summed E-state index contributed by atoms with van der Waals surface area (Å²) in [6.07, 6.45) is 0. The Morgan fingerprint density at radius 1 is 1.50 bits per heavy atom. The van der Waals surface area contributed by atoms with Gasteiger partial charge >= 0.3 is 6.03 Å². The van der Waals surface area contributed by atoms with Gasteiger partial charge in [-0.25, -0.2) is 9.78 Å². The molecule has 0 aliphatic carbocycles. The molecular formula is C10H12N4OS. The SMILES string of the molecule is CN(C)C(=O)Nc1nc2ccc(N)cc2s1. The molecule has 1 heterocycles. The number of amides is 2. The lowest BCUT2D eigenvalue weighted by atomic mass is 10.3. The van der Waals surface area contributed by atoms with E-state index in [-0.39, 0.29) is 6.03 Å². The van der Waals surface area contributed by atoms with Gasteiger partial charge in [0.15, 0.2) is 5.13 Å². The number of rotatable bonds is 1. The van der Waals surface area contributed by atoms with Crippen LogP contribution in [0.25, 0.3) is 10.2 Å². The van der Waals surface area contributed by atoms with Crippen molar-refractivity contribution >= 4 is 38.4 Å². The van der Waals surface area contributed by atoms with Crippen LogP contribution in [0.4, 0.5) is 15.6 Å². The third-order valence-electron chi connectivity index (χ3n) is 2.03. The van der Waals surface area contributed by atoms with E-state index in [1.165, 1.54) is 16.2 Å². The lowest BCUT2D eigenvalue weighted by Crippen LogP contribution is -2.27. The maximum Gasteiger partial charge on any atom is 0.323 e. The van der Waals surface area contributed by atoms with Crippen molar-refractivity contribution in [2.45, 2.75) is 0 Å². The number of nitrogens with zero attached hydrogens (tertiary/aromatic N) is 2. The van der Waals surface area contributed by atoms with Gasteiger partial charge in [0, 0.05) is 19.8 Å². The second-order valence-electron chi connectivity index (χ2n) is 3.57. The highest BCUT2D eigenvalue weighted by molar-refractivity contribution is 7.22. The van der Waals surface area contributed by atoms with Gasteiger partial charge in [-0.05, 0) is 18.2 Å². The van der Waals surface area contributed by atoms with Crippen molar-refractivity contribution in [3.05, 3.63) is 18.2 Å². The van der Waals surface area contributed by atoms with Crippen molar-refractivity contribution in [3.63, 3.8) is 0 Å². The molecular weight excluding hydrogens is 224 g/mol. The van der Waals surface area contributed by atoms with Crippen molar-refractivity contribution in [3.8, 4) is 0 Å². The second-order valence-corrected chi connectivity index (χ2v) is 4.60. The minimum atomic E-state index is -0.188. The Labute approximate surface area is 96.9 Å². The van der Waals surface area contributed by atoms with Crippen LogP contribution in [0.2, 0.25) is 0 Å². The van der Waals surface area contributed by atoms with Crippen LogP contribution in [0.15, 0.2) is 18.2 Å². The van der Waals surface area contributed by atoms with Crippen molar-refractivity contribution in [1.82, 2.24) is 9.88 Å². The topological polar surface area (TPSA) is 71.2 Å². The molecule has 3 N–H and O–H groups in total. The van der Waals surface area contributed by atoms with Crippen molar-refractivity contribution in [1.29, 1.82) is 0 Å². The van der Waals surface area contributed by atoms with Gasteiger partial charge in [0.25, 0.3) is 0 Å². The third kappa shape index (κ3) is 2.06. The zero-order chi connectivity index (χ0) is 11.7. The van der Waals surface area contributed by atoms with E-state index in [0.717, 1.165) is 10.2 Å². The first-order valence-electron chi connectivity index (χ1n) is 4.70. The number of carbonyl (C=O) groups is 1. The molecule has 0 atom stereocenters. The highest BCUT2D eigenvalue weighted by atomic mass is 32.1. The molecule has 0 unspecified atom stereocenters. The molecule has 1 aromatic heterocycles. The normalized spacial score (nSPS) is 10.4. The number of urea groups is 1. The quantitative estimate of drug-likeness (QED) is 0.744. The molecule has 84 valence electrons. The molecule has 2 rings (SSSR count). The fourth-order valence-corrected chi connectivity index (χ4v) is 2.10. The van der Waals surface area contributed by atoms with Crippen molar-refractivity contribution in [2.24, 2.45) is 0 Å². The molecule has 0 bridgehead atoms. The molecule has 0 radical (unpaired) electrons. The van der Waals surface area contributed by atoms with Crippen LogP contribution in [0.5, 0.6) is 0 Å².